The quantitative estimate of drug-likeness (QED) is 0.741. The summed E-state index contributed by atoms with van der Waals surface area (Å²) in [4.78, 5) is 6.93. The van der Waals surface area contributed by atoms with Gasteiger partial charge < -0.3 is 4.98 Å². The van der Waals surface area contributed by atoms with E-state index >= 15 is 0 Å². The summed E-state index contributed by atoms with van der Waals surface area (Å²) in [6, 6.07) is 0. The highest BCUT2D eigenvalue weighted by Crippen LogP contribution is 1.98. The molecule has 0 saturated carbocycles. The Morgan fingerprint density at radius 2 is 2.42 bits per heavy atom. The van der Waals surface area contributed by atoms with E-state index in [2.05, 4.69) is 23.9 Å². The van der Waals surface area contributed by atoms with Crippen LogP contribution in [0, 0.1) is 0 Å². The van der Waals surface area contributed by atoms with Crippen molar-refractivity contribution in [2.24, 2.45) is 0 Å². The maximum Gasteiger partial charge on any atom is 0.189 e. The van der Waals surface area contributed by atoms with Crippen molar-refractivity contribution < 1.29 is 0 Å². The molecule has 0 saturated heterocycles. The van der Waals surface area contributed by atoms with E-state index in [4.69, 9.17) is 0 Å². The minimum atomic E-state index is 0.608. The Kier molecular flexibility index (Phi) is 1.91. The summed E-state index contributed by atoms with van der Waals surface area (Å²) in [6.07, 6.45) is 6.99. The minimum absolute atomic E-state index is 0.608. The molecule has 0 fully saturated rings. The zero-order valence-corrected chi connectivity index (χ0v) is 6.82. The Morgan fingerprint density at radius 1 is 1.42 bits per heavy atom. The van der Waals surface area contributed by atoms with Crippen molar-refractivity contribution in [3.8, 4) is 0 Å². The predicted octanol–water partition coefficient (Wildman–Crippen LogP) is 0.827. The second-order valence-corrected chi connectivity index (χ2v) is 2.53. The molecule has 0 radical (unpaired) electrons. The Hall–Kier alpha value is -1.56. The van der Waals surface area contributed by atoms with Gasteiger partial charge in [0.1, 0.15) is 5.82 Å². The molecule has 0 spiro atoms. The third-order valence-corrected chi connectivity index (χ3v) is 1.65. The van der Waals surface area contributed by atoms with Crippen LogP contribution in [0.2, 0.25) is 0 Å². The molecule has 0 unspecified atom stereocenters. The summed E-state index contributed by atoms with van der Waals surface area (Å²) < 4.78 is 7.53. The molecule has 0 aliphatic rings. The van der Waals surface area contributed by atoms with Crippen molar-refractivity contribution in [2.45, 2.75) is 0 Å². The van der Waals surface area contributed by atoms with E-state index in [1.807, 2.05) is 0 Å². The molecule has 1 N–H and O–H groups in total. The third-order valence-electron chi connectivity index (χ3n) is 1.22. The molecule has 0 amide bonds. The molecule has 6 heteroatoms. The van der Waals surface area contributed by atoms with E-state index in [-0.39, 0.29) is 0 Å². The molecule has 0 aliphatic heterocycles. The van der Waals surface area contributed by atoms with Crippen LogP contribution in [-0.4, -0.2) is 23.9 Å². The van der Waals surface area contributed by atoms with Crippen molar-refractivity contribution in [1.82, 2.24) is 23.9 Å². The van der Waals surface area contributed by atoms with Gasteiger partial charge in [-0.2, -0.15) is 4.37 Å². The Morgan fingerprint density at radius 3 is 3.08 bits per heavy atom. The average molecular weight is 179 g/mol. The lowest BCUT2D eigenvalue weighted by Gasteiger charge is -1.79. The first-order valence-corrected chi connectivity index (χ1v) is 4.01. The molecule has 60 valence electrons. The van der Waals surface area contributed by atoms with E-state index < -0.39 is 0 Å². The Bertz CT molecular complexity index is 313. The van der Waals surface area contributed by atoms with Crippen molar-refractivity contribution in [3.05, 3.63) is 24.0 Å². The average Bonchev–Trinajstić information content (AvgIpc) is 2.74. The highest BCUT2D eigenvalue weighted by atomic mass is 32.1. The molecular formula is C6H5N5S. The van der Waals surface area contributed by atoms with E-state index in [9.17, 15) is 0 Å². The fraction of sp³-hybridized carbons (Fsp3) is 0. The van der Waals surface area contributed by atoms with Gasteiger partial charge in [-0.05, 0) is 12.2 Å². The number of rotatable bonds is 2. The molecule has 2 aromatic rings. The lowest BCUT2D eigenvalue weighted by Crippen LogP contribution is -1.76. The number of H-pyrrole nitrogens is 1. The molecular weight excluding hydrogens is 174 g/mol. The molecule has 2 aromatic heterocycles. The molecule has 0 atom stereocenters. The van der Waals surface area contributed by atoms with Crippen LogP contribution in [0.5, 0.6) is 0 Å². The van der Waals surface area contributed by atoms with Crippen LogP contribution in [0.15, 0.2) is 12.4 Å². The van der Waals surface area contributed by atoms with Crippen molar-refractivity contribution in [3.63, 3.8) is 0 Å². The minimum Gasteiger partial charge on any atom is -0.345 e. The van der Waals surface area contributed by atoms with Gasteiger partial charge in [0.05, 0.1) is 11.7 Å². The van der Waals surface area contributed by atoms with Gasteiger partial charge in [0.15, 0.2) is 5.82 Å². The maximum atomic E-state index is 4.00. The van der Waals surface area contributed by atoms with Gasteiger partial charge in [0.2, 0.25) is 0 Å². The molecule has 12 heavy (non-hydrogen) atoms. The van der Waals surface area contributed by atoms with E-state index in [0.29, 0.717) is 5.82 Å². The SMILES string of the molecule is C(=C\c1ncc[nH]1)/c1nnsn1. The second kappa shape index (κ2) is 3.22. The summed E-state index contributed by atoms with van der Waals surface area (Å²) in [5, 5.41) is 3.74. The number of hydrogen-bond acceptors (Lipinski definition) is 5. The van der Waals surface area contributed by atoms with Crippen LogP contribution in [0.4, 0.5) is 0 Å². The smallest absolute Gasteiger partial charge is 0.189 e. The summed E-state index contributed by atoms with van der Waals surface area (Å²) in [5.74, 6) is 1.39. The van der Waals surface area contributed by atoms with Crippen molar-refractivity contribution in [1.29, 1.82) is 0 Å². The van der Waals surface area contributed by atoms with Gasteiger partial charge in [-0.1, -0.05) is 4.49 Å². The van der Waals surface area contributed by atoms with Crippen LogP contribution in [0.1, 0.15) is 11.6 Å². The van der Waals surface area contributed by atoms with Gasteiger partial charge in [-0.3, -0.25) is 0 Å². The topological polar surface area (TPSA) is 67.3 Å². The Balaban J connectivity index is 2.14. The van der Waals surface area contributed by atoms with Crippen molar-refractivity contribution >= 4 is 23.9 Å². The van der Waals surface area contributed by atoms with Crippen LogP contribution >= 0.6 is 11.7 Å². The first kappa shape index (κ1) is 7.11. The van der Waals surface area contributed by atoms with Gasteiger partial charge >= 0.3 is 0 Å². The largest absolute Gasteiger partial charge is 0.345 e. The van der Waals surface area contributed by atoms with Gasteiger partial charge in [0, 0.05) is 12.4 Å². The van der Waals surface area contributed by atoms with Gasteiger partial charge in [-0.15, -0.1) is 5.10 Å². The van der Waals surface area contributed by atoms with Crippen LogP contribution in [0.25, 0.3) is 12.2 Å². The lowest BCUT2D eigenvalue weighted by atomic mass is 10.4. The van der Waals surface area contributed by atoms with E-state index in [0.717, 1.165) is 17.6 Å². The number of imidazole rings is 1. The number of nitrogens with zero attached hydrogens (tertiary/aromatic N) is 4. The van der Waals surface area contributed by atoms with Gasteiger partial charge in [0.25, 0.3) is 0 Å². The zero-order chi connectivity index (χ0) is 8.23. The van der Waals surface area contributed by atoms with E-state index in [1.54, 1.807) is 24.5 Å². The van der Waals surface area contributed by atoms with Crippen LogP contribution in [0.3, 0.4) is 0 Å². The number of aromatic amines is 1. The third kappa shape index (κ3) is 1.54. The highest BCUT2D eigenvalue weighted by molar-refractivity contribution is 6.98. The molecule has 0 aromatic carbocycles. The number of nitrogens with one attached hydrogen (secondary N) is 1. The van der Waals surface area contributed by atoms with E-state index in [1.165, 1.54) is 0 Å². The van der Waals surface area contributed by atoms with Crippen molar-refractivity contribution in [2.75, 3.05) is 0 Å². The summed E-state index contributed by atoms with van der Waals surface area (Å²) >= 11 is 1.08. The normalized spacial score (nSPS) is 11.0. The molecule has 5 nitrogen and oxygen atoms in total. The fourth-order valence-electron chi connectivity index (χ4n) is 0.724. The number of hydrogen-bond donors (Lipinski definition) is 1. The molecule has 2 rings (SSSR count). The second-order valence-electron chi connectivity index (χ2n) is 2.02. The lowest BCUT2D eigenvalue weighted by molar-refractivity contribution is 1.11. The summed E-state index contributed by atoms with van der Waals surface area (Å²) in [6.45, 7) is 0. The predicted molar refractivity (Wildman–Crippen MR) is 45.2 cm³/mol. The molecule has 0 bridgehead atoms. The zero-order valence-electron chi connectivity index (χ0n) is 6.01. The standard InChI is InChI=1S/C6H5N5S/c1(5-7-3-4-8-5)2-6-9-11-12-10-6/h1-4H,(H,7,8)/b2-1+. The maximum absolute atomic E-state index is 4.00. The monoisotopic (exact) mass is 179 g/mol. The summed E-state index contributed by atoms with van der Waals surface area (Å²) in [5.41, 5.74) is 0. The first-order valence-electron chi connectivity index (χ1n) is 3.28. The summed E-state index contributed by atoms with van der Waals surface area (Å²) in [7, 11) is 0. The first-order chi connectivity index (χ1) is 5.95. The van der Waals surface area contributed by atoms with Crippen LogP contribution < -0.4 is 0 Å². The number of aromatic nitrogens is 5. The molecule has 0 aliphatic carbocycles. The highest BCUT2D eigenvalue weighted by Gasteiger charge is 1.91. The molecule has 2 heterocycles. The fourth-order valence-corrected chi connectivity index (χ4v) is 1.06. The van der Waals surface area contributed by atoms with Crippen LogP contribution in [-0.2, 0) is 0 Å². The van der Waals surface area contributed by atoms with Gasteiger partial charge in [-0.25, -0.2) is 4.98 Å². The Labute approximate surface area is 72.5 Å².